The van der Waals surface area contributed by atoms with E-state index in [1.54, 1.807) is 6.20 Å². The van der Waals surface area contributed by atoms with Gasteiger partial charge in [-0.3, -0.25) is 4.99 Å². The summed E-state index contributed by atoms with van der Waals surface area (Å²) in [4.78, 5) is 9.51. The average molecular weight is 687 g/mol. The predicted molar refractivity (Wildman–Crippen MR) is 147 cm³/mol. The van der Waals surface area contributed by atoms with Gasteiger partial charge in [0.2, 0.25) is 0 Å². The molecule has 0 bridgehead atoms. The van der Waals surface area contributed by atoms with Gasteiger partial charge in [-0.15, -0.1) is 35.7 Å². The van der Waals surface area contributed by atoms with Gasteiger partial charge in [-0.2, -0.15) is 6.07 Å². The van der Waals surface area contributed by atoms with Crippen molar-refractivity contribution < 1.29 is 30.5 Å². The van der Waals surface area contributed by atoms with Crippen LogP contribution in [0.2, 0.25) is 0 Å². The van der Waals surface area contributed by atoms with Gasteiger partial charge in [-0.05, 0) is 34.7 Å². The average Bonchev–Trinajstić information content (AvgIpc) is 3.63. The van der Waals surface area contributed by atoms with E-state index < -0.39 is 0 Å². The van der Waals surface area contributed by atoms with E-state index in [1.807, 2.05) is 48.5 Å². The number of aromatic nitrogens is 2. The normalized spacial score (nSPS) is 17.3. The molecule has 2 aromatic heterocycles. The molecule has 5 nitrogen and oxygen atoms in total. The third-order valence-electron chi connectivity index (χ3n) is 7.32. The molecule has 0 N–H and O–H groups in total. The molecule has 1 aliphatic heterocycles. The fourth-order valence-corrected chi connectivity index (χ4v) is 5.64. The third kappa shape index (κ3) is 3.97. The quantitative estimate of drug-likeness (QED) is 0.188. The Morgan fingerprint density at radius 1 is 0.795 bits per heavy atom. The molecular weight excluding hydrogens is 665 g/mol. The van der Waals surface area contributed by atoms with E-state index in [0.29, 0.717) is 17.4 Å². The van der Waals surface area contributed by atoms with Crippen molar-refractivity contribution in [2.24, 2.45) is 4.99 Å². The van der Waals surface area contributed by atoms with Crippen LogP contribution in [0.4, 0.5) is 0 Å². The van der Waals surface area contributed by atoms with Crippen molar-refractivity contribution in [3.63, 3.8) is 0 Å². The zero-order valence-corrected chi connectivity index (χ0v) is 22.9. The Morgan fingerprint density at radius 3 is 2.56 bits per heavy atom. The number of hydrogen-bond donors (Lipinski definition) is 0. The maximum Gasteiger partial charge on any atom is 2.00 e. The van der Waals surface area contributed by atoms with E-state index in [1.165, 1.54) is 11.1 Å². The molecule has 0 radical (unpaired) electrons. The number of nitrogens with zero attached hydrogens (tertiary/aromatic N) is 3. The van der Waals surface area contributed by atoms with Gasteiger partial charge in [0.25, 0.3) is 0 Å². The predicted octanol–water partition coefficient (Wildman–Crippen LogP) is 7.01. The summed E-state index contributed by atoms with van der Waals surface area (Å²) in [5, 5.41) is 2.24. The molecule has 6 heteroatoms. The fraction of sp³-hybridized carbons (Fsp3) is 0.0909. The van der Waals surface area contributed by atoms with Gasteiger partial charge in [0.05, 0.1) is 0 Å². The number of benzene rings is 4. The van der Waals surface area contributed by atoms with Crippen LogP contribution in [0, 0.1) is 12.1 Å². The van der Waals surface area contributed by atoms with Crippen molar-refractivity contribution in [3.05, 3.63) is 132 Å². The van der Waals surface area contributed by atoms with Crippen LogP contribution < -0.4 is 4.74 Å². The van der Waals surface area contributed by atoms with Gasteiger partial charge in [0, 0.05) is 29.6 Å². The minimum Gasteiger partial charge on any atom is -0.514 e. The second kappa shape index (κ2) is 9.51. The molecule has 0 amide bonds. The van der Waals surface area contributed by atoms with Crippen molar-refractivity contribution in [2.75, 3.05) is 0 Å². The molecular formula is C33H21N3O2Pt. The van der Waals surface area contributed by atoms with Crippen molar-refractivity contribution in [2.45, 2.75) is 18.6 Å². The van der Waals surface area contributed by atoms with E-state index in [4.69, 9.17) is 14.5 Å². The number of rotatable bonds is 4. The number of aliphatic imine (C=N–C) groups is 1. The van der Waals surface area contributed by atoms with E-state index >= 15 is 0 Å². The summed E-state index contributed by atoms with van der Waals surface area (Å²) in [5.74, 6) is 2.65. The second-order valence-corrected chi connectivity index (χ2v) is 9.59. The zero-order valence-electron chi connectivity index (χ0n) is 20.7. The van der Waals surface area contributed by atoms with E-state index in [9.17, 15) is 0 Å². The van der Waals surface area contributed by atoms with Gasteiger partial charge in [0.1, 0.15) is 23.9 Å². The molecule has 39 heavy (non-hydrogen) atoms. The summed E-state index contributed by atoms with van der Waals surface area (Å²) in [7, 11) is 0. The molecule has 2 aliphatic rings. The molecule has 4 aromatic carbocycles. The Balaban J connectivity index is 0.00000253. The maximum atomic E-state index is 6.27. The Morgan fingerprint density at radius 2 is 1.64 bits per heavy atom. The Labute approximate surface area is 240 Å². The van der Waals surface area contributed by atoms with Crippen LogP contribution in [0.5, 0.6) is 11.5 Å². The van der Waals surface area contributed by atoms with Gasteiger partial charge in [-0.25, -0.2) is 4.98 Å². The van der Waals surface area contributed by atoms with E-state index in [-0.39, 0.29) is 33.2 Å². The SMILES string of the molecule is [Pt+2].[c-]1c(Oc2[c-]c3c(cc2)c2ccccc2n3-c2ccccn2)cccc1C1=N[C@@H]2c3ccccc3C[C@@H]2O1. The van der Waals surface area contributed by atoms with Crippen LogP contribution in [-0.4, -0.2) is 21.6 Å². The Kier molecular flexibility index (Phi) is 5.82. The van der Waals surface area contributed by atoms with E-state index in [0.717, 1.165) is 39.6 Å². The Bertz CT molecular complexity index is 1880. The topological polar surface area (TPSA) is 48.6 Å². The van der Waals surface area contributed by atoms with Crippen molar-refractivity contribution in [3.8, 4) is 17.3 Å². The number of ether oxygens (including phenoxy) is 2. The first kappa shape index (κ1) is 23.9. The summed E-state index contributed by atoms with van der Waals surface area (Å²) < 4.78 is 14.6. The summed E-state index contributed by atoms with van der Waals surface area (Å²) in [6.45, 7) is 0. The van der Waals surface area contributed by atoms with Crippen molar-refractivity contribution in [1.29, 1.82) is 0 Å². The largest absolute Gasteiger partial charge is 2.00 e. The monoisotopic (exact) mass is 686 g/mol. The first-order valence-electron chi connectivity index (χ1n) is 12.7. The smallest absolute Gasteiger partial charge is 0.514 e. The molecule has 1 aliphatic carbocycles. The number of hydrogen-bond acceptors (Lipinski definition) is 4. The van der Waals surface area contributed by atoms with Crippen LogP contribution in [0.25, 0.3) is 27.6 Å². The minimum atomic E-state index is 0. The molecule has 0 unspecified atom stereocenters. The second-order valence-electron chi connectivity index (χ2n) is 9.59. The standard InChI is InChI=1S/C33H21N3O2.Pt/c1-2-11-25-21(8-1)19-30-32(25)35-33(38-30)22-9-7-10-23(18-22)37-24-15-16-27-26-12-3-4-13-28(26)36(29(27)20-24)31-14-5-6-17-34-31;/h1-17,30,32H,19H2;/q-2;+2/t30-,32+;/m0./s1. The molecule has 0 fully saturated rings. The Hall–Kier alpha value is -4.21. The van der Waals surface area contributed by atoms with Crippen LogP contribution in [0.15, 0.2) is 108 Å². The summed E-state index contributed by atoms with van der Waals surface area (Å²) in [6.07, 6.45) is 2.73. The van der Waals surface area contributed by atoms with Crippen molar-refractivity contribution >= 4 is 27.7 Å². The molecule has 8 rings (SSSR count). The molecule has 6 aromatic rings. The molecule has 0 saturated carbocycles. The number of pyridine rings is 1. The first-order valence-corrected chi connectivity index (χ1v) is 12.7. The van der Waals surface area contributed by atoms with Gasteiger partial charge in [-0.1, -0.05) is 65.7 Å². The molecule has 0 saturated heterocycles. The summed E-state index contributed by atoms with van der Waals surface area (Å²) in [6, 6.07) is 39.4. The first-order chi connectivity index (χ1) is 18.8. The third-order valence-corrected chi connectivity index (χ3v) is 7.32. The van der Waals surface area contributed by atoms with Gasteiger partial charge in [0.15, 0.2) is 0 Å². The van der Waals surface area contributed by atoms with Gasteiger partial charge < -0.3 is 14.0 Å². The summed E-state index contributed by atoms with van der Waals surface area (Å²) >= 11 is 0. The molecule has 3 heterocycles. The van der Waals surface area contributed by atoms with Crippen LogP contribution in [0.1, 0.15) is 22.7 Å². The minimum absolute atomic E-state index is 0. The summed E-state index contributed by atoms with van der Waals surface area (Å²) in [5.41, 5.74) is 5.35. The van der Waals surface area contributed by atoms with Gasteiger partial charge >= 0.3 is 21.1 Å². The van der Waals surface area contributed by atoms with E-state index in [2.05, 4.69) is 70.2 Å². The maximum absolute atomic E-state index is 6.27. The van der Waals surface area contributed by atoms with Crippen LogP contribution in [-0.2, 0) is 32.2 Å². The van der Waals surface area contributed by atoms with Crippen molar-refractivity contribution in [1.82, 2.24) is 9.55 Å². The molecule has 190 valence electrons. The number of fused-ring (bicyclic) bond motifs is 6. The number of para-hydroxylation sites is 1. The fourth-order valence-electron chi connectivity index (χ4n) is 5.64. The zero-order chi connectivity index (χ0) is 25.1. The van der Waals surface area contributed by atoms with Crippen LogP contribution >= 0.6 is 0 Å². The van der Waals surface area contributed by atoms with Crippen LogP contribution in [0.3, 0.4) is 0 Å². The molecule has 0 spiro atoms. The molecule has 2 atom stereocenters.